The number of aromatic nitrogens is 4. The lowest BCUT2D eigenvalue weighted by molar-refractivity contribution is 0.0942. The maximum absolute atomic E-state index is 12.2. The summed E-state index contributed by atoms with van der Waals surface area (Å²) < 4.78 is 0.881. The minimum atomic E-state index is -0.602. The summed E-state index contributed by atoms with van der Waals surface area (Å²) in [4.78, 5) is 40.0. The summed E-state index contributed by atoms with van der Waals surface area (Å²) in [7, 11) is 1.33. The fraction of sp³-hybridized carbons (Fsp3) is 0.471. The van der Waals surface area contributed by atoms with Gasteiger partial charge in [-0.15, -0.1) is 5.10 Å². The second-order valence-electron chi connectivity index (χ2n) is 6.88. The molecule has 2 aliphatic rings. The van der Waals surface area contributed by atoms with Crippen LogP contribution in [-0.2, 0) is 19.9 Å². The molecule has 1 fully saturated rings. The molecule has 0 bridgehead atoms. The Bertz CT molecular complexity index is 973. The number of fused-ring (bicyclic) bond motifs is 1. The molecule has 1 saturated heterocycles. The Kier molecular flexibility index (Phi) is 4.06. The molecule has 2 aromatic heterocycles. The fourth-order valence-corrected chi connectivity index (χ4v) is 3.42. The van der Waals surface area contributed by atoms with E-state index in [2.05, 4.69) is 31.5 Å². The molecule has 0 atom stereocenters. The van der Waals surface area contributed by atoms with Gasteiger partial charge in [0.05, 0.1) is 5.69 Å². The number of carbonyl (C=O) groups excluding carboxylic acids is 1. The molecule has 1 aliphatic carbocycles. The van der Waals surface area contributed by atoms with E-state index < -0.39 is 17.2 Å². The van der Waals surface area contributed by atoms with Crippen molar-refractivity contribution in [3.05, 3.63) is 49.9 Å². The number of carbonyl (C=O) groups is 1. The zero-order valence-electron chi connectivity index (χ0n) is 14.5. The van der Waals surface area contributed by atoms with Gasteiger partial charge in [-0.25, -0.2) is 4.79 Å². The van der Waals surface area contributed by atoms with Crippen LogP contribution in [-0.4, -0.2) is 45.3 Å². The average Bonchev–Trinajstić information content (AvgIpc) is 3.06. The van der Waals surface area contributed by atoms with Crippen LogP contribution in [0.25, 0.3) is 0 Å². The van der Waals surface area contributed by atoms with Gasteiger partial charge in [-0.05, 0) is 30.9 Å². The average molecular weight is 356 g/mol. The van der Waals surface area contributed by atoms with Crippen molar-refractivity contribution in [2.24, 2.45) is 13.0 Å². The molecule has 2 N–H and O–H groups in total. The molecule has 0 spiro atoms. The maximum atomic E-state index is 12.2. The molecule has 136 valence electrons. The van der Waals surface area contributed by atoms with Crippen molar-refractivity contribution in [2.45, 2.75) is 19.3 Å². The second kappa shape index (κ2) is 6.40. The first-order valence-corrected chi connectivity index (χ1v) is 8.70. The molecule has 0 radical (unpaired) electrons. The van der Waals surface area contributed by atoms with Crippen LogP contribution in [0.4, 0.5) is 5.82 Å². The SMILES string of the molecule is Cn1c(=O)[nH]cc(C(=O)NCC2CN(c3cc4c(nn3)CCC4)C2)c1=O. The first-order valence-electron chi connectivity index (χ1n) is 8.70. The summed E-state index contributed by atoms with van der Waals surface area (Å²) in [5, 5.41) is 11.4. The van der Waals surface area contributed by atoms with E-state index in [0.29, 0.717) is 12.5 Å². The summed E-state index contributed by atoms with van der Waals surface area (Å²) in [5.41, 5.74) is 1.19. The lowest BCUT2D eigenvalue weighted by Gasteiger charge is -2.40. The van der Waals surface area contributed by atoms with Crippen molar-refractivity contribution >= 4 is 11.7 Å². The molecule has 26 heavy (non-hydrogen) atoms. The molecule has 9 heteroatoms. The number of hydrogen-bond donors (Lipinski definition) is 2. The molecule has 2 aromatic rings. The summed E-state index contributed by atoms with van der Waals surface area (Å²) >= 11 is 0. The van der Waals surface area contributed by atoms with Crippen molar-refractivity contribution in [1.82, 2.24) is 25.1 Å². The minimum Gasteiger partial charge on any atom is -0.354 e. The van der Waals surface area contributed by atoms with Gasteiger partial charge >= 0.3 is 5.69 Å². The van der Waals surface area contributed by atoms with Gasteiger partial charge in [0.15, 0.2) is 5.82 Å². The van der Waals surface area contributed by atoms with Crippen LogP contribution in [0.2, 0.25) is 0 Å². The monoisotopic (exact) mass is 356 g/mol. The molecular formula is C17H20N6O3. The largest absolute Gasteiger partial charge is 0.354 e. The summed E-state index contributed by atoms with van der Waals surface area (Å²) in [6.07, 6.45) is 4.39. The Morgan fingerprint density at radius 3 is 2.92 bits per heavy atom. The molecule has 1 aliphatic heterocycles. The van der Waals surface area contributed by atoms with Gasteiger partial charge in [-0.1, -0.05) is 0 Å². The summed E-state index contributed by atoms with van der Waals surface area (Å²) in [6.45, 7) is 2.05. The third kappa shape index (κ3) is 2.89. The highest BCUT2D eigenvalue weighted by Gasteiger charge is 2.29. The third-order valence-electron chi connectivity index (χ3n) is 5.06. The lowest BCUT2D eigenvalue weighted by atomic mass is 10.00. The number of hydrogen-bond acceptors (Lipinski definition) is 6. The third-order valence-corrected chi connectivity index (χ3v) is 5.06. The molecule has 0 unspecified atom stereocenters. The first kappa shape index (κ1) is 16.5. The summed E-state index contributed by atoms with van der Waals surface area (Å²) in [6, 6.07) is 2.12. The zero-order chi connectivity index (χ0) is 18.3. The van der Waals surface area contributed by atoms with Crippen LogP contribution in [0.1, 0.15) is 28.0 Å². The molecule has 3 heterocycles. The number of amides is 1. The number of aryl methyl sites for hydroxylation is 2. The lowest BCUT2D eigenvalue weighted by Crippen LogP contribution is -2.52. The smallest absolute Gasteiger partial charge is 0.328 e. The highest BCUT2D eigenvalue weighted by atomic mass is 16.2. The van der Waals surface area contributed by atoms with Gasteiger partial charge in [0.2, 0.25) is 0 Å². The number of anilines is 1. The van der Waals surface area contributed by atoms with Crippen LogP contribution in [0, 0.1) is 5.92 Å². The van der Waals surface area contributed by atoms with Gasteiger partial charge in [-0.3, -0.25) is 14.2 Å². The van der Waals surface area contributed by atoms with Crippen LogP contribution >= 0.6 is 0 Å². The predicted octanol–water partition coefficient (Wildman–Crippen LogP) is -0.781. The second-order valence-corrected chi connectivity index (χ2v) is 6.88. The van der Waals surface area contributed by atoms with Crippen molar-refractivity contribution < 1.29 is 4.79 Å². The summed E-state index contributed by atoms with van der Waals surface area (Å²) in [5.74, 6) is 0.709. The van der Waals surface area contributed by atoms with Crippen LogP contribution in [0.5, 0.6) is 0 Å². The Morgan fingerprint density at radius 2 is 2.12 bits per heavy atom. The van der Waals surface area contributed by atoms with E-state index in [1.54, 1.807) is 0 Å². The number of aromatic amines is 1. The normalized spacial score (nSPS) is 16.3. The maximum Gasteiger partial charge on any atom is 0.328 e. The molecular weight excluding hydrogens is 336 g/mol. The van der Waals surface area contributed by atoms with E-state index in [0.717, 1.165) is 54.6 Å². The van der Waals surface area contributed by atoms with Crippen LogP contribution in [0.15, 0.2) is 21.9 Å². The Hall–Kier alpha value is -2.97. The number of nitrogens with one attached hydrogen (secondary N) is 2. The molecule has 0 aromatic carbocycles. The predicted molar refractivity (Wildman–Crippen MR) is 94.4 cm³/mol. The van der Waals surface area contributed by atoms with Crippen molar-refractivity contribution in [2.75, 3.05) is 24.5 Å². The Balaban J connectivity index is 1.32. The number of H-pyrrole nitrogens is 1. The van der Waals surface area contributed by atoms with Crippen LogP contribution < -0.4 is 21.5 Å². The van der Waals surface area contributed by atoms with Crippen molar-refractivity contribution in [3.8, 4) is 0 Å². The highest BCUT2D eigenvalue weighted by molar-refractivity contribution is 5.93. The van der Waals surface area contributed by atoms with Gasteiger partial charge in [-0.2, -0.15) is 5.10 Å². The standard InChI is InChI=1S/C17H20N6O3/c1-22-16(25)12(7-19-17(22)26)15(24)18-6-10-8-23(9-10)14-5-11-3-2-4-13(11)20-21-14/h5,7,10H,2-4,6,8-9H2,1H3,(H,18,24)(H,19,26). The Morgan fingerprint density at radius 1 is 1.31 bits per heavy atom. The first-order chi connectivity index (χ1) is 12.5. The van der Waals surface area contributed by atoms with E-state index in [1.165, 1.54) is 12.6 Å². The van der Waals surface area contributed by atoms with E-state index >= 15 is 0 Å². The van der Waals surface area contributed by atoms with E-state index in [9.17, 15) is 14.4 Å². The number of rotatable bonds is 4. The van der Waals surface area contributed by atoms with Crippen molar-refractivity contribution in [3.63, 3.8) is 0 Å². The molecule has 1 amide bonds. The van der Waals surface area contributed by atoms with Gasteiger partial charge in [0.1, 0.15) is 5.56 Å². The molecule has 4 rings (SSSR count). The van der Waals surface area contributed by atoms with E-state index in [4.69, 9.17) is 0 Å². The van der Waals surface area contributed by atoms with E-state index in [-0.39, 0.29) is 5.56 Å². The quantitative estimate of drug-likeness (QED) is 0.743. The fourth-order valence-electron chi connectivity index (χ4n) is 3.42. The molecule has 9 nitrogen and oxygen atoms in total. The molecule has 0 saturated carbocycles. The van der Waals surface area contributed by atoms with Gasteiger partial charge in [0.25, 0.3) is 11.5 Å². The Labute approximate surface area is 149 Å². The van der Waals surface area contributed by atoms with Crippen LogP contribution in [0.3, 0.4) is 0 Å². The topological polar surface area (TPSA) is 113 Å². The zero-order valence-corrected chi connectivity index (χ0v) is 14.5. The van der Waals surface area contributed by atoms with Gasteiger partial charge in [0, 0.05) is 38.8 Å². The van der Waals surface area contributed by atoms with E-state index in [1.807, 2.05) is 0 Å². The van der Waals surface area contributed by atoms with Gasteiger partial charge < -0.3 is 15.2 Å². The minimum absolute atomic E-state index is 0.0623. The highest BCUT2D eigenvalue weighted by Crippen LogP contribution is 2.26. The van der Waals surface area contributed by atoms with Crippen molar-refractivity contribution in [1.29, 1.82) is 0 Å². The number of nitrogens with zero attached hydrogens (tertiary/aromatic N) is 4.